The van der Waals surface area contributed by atoms with Crippen molar-refractivity contribution < 1.29 is 9.53 Å². The van der Waals surface area contributed by atoms with E-state index in [9.17, 15) is 4.79 Å². The molecule has 6 nitrogen and oxygen atoms in total. The number of amides is 1. The number of carbonyl (C=O) groups is 1. The summed E-state index contributed by atoms with van der Waals surface area (Å²) >= 11 is 0. The van der Waals surface area contributed by atoms with Gasteiger partial charge in [0.15, 0.2) is 0 Å². The van der Waals surface area contributed by atoms with Crippen molar-refractivity contribution in [2.24, 2.45) is 0 Å². The number of nitrogens with zero attached hydrogens (tertiary/aromatic N) is 2. The largest absolute Gasteiger partial charge is 0.489 e. The summed E-state index contributed by atoms with van der Waals surface area (Å²) in [4.78, 5) is 19.8. The molecule has 2 aromatic rings. The summed E-state index contributed by atoms with van der Waals surface area (Å²) in [5.41, 5.74) is 8.18. The van der Waals surface area contributed by atoms with Crippen molar-refractivity contribution >= 4 is 11.9 Å². The number of rotatable bonds is 5. The van der Waals surface area contributed by atoms with Gasteiger partial charge < -0.3 is 15.8 Å². The quantitative estimate of drug-likeness (QED) is 0.824. The van der Waals surface area contributed by atoms with Crippen LogP contribution in [0.2, 0.25) is 0 Å². The Morgan fingerprint density at radius 1 is 1.36 bits per heavy atom. The third-order valence-electron chi connectivity index (χ3n) is 2.82. The molecule has 6 heteroatoms. The molecule has 0 saturated carbocycles. The second-order valence-electron chi connectivity index (χ2n) is 4.85. The molecular weight excluding hydrogens is 280 g/mol. The molecule has 1 aromatic carbocycles. The maximum atomic E-state index is 11.7. The molecule has 114 valence electrons. The van der Waals surface area contributed by atoms with Gasteiger partial charge in [-0.2, -0.15) is 0 Å². The molecule has 2 rings (SSSR count). The van der Waals surface area contributed by atoms with E-state index in [2.05, 4.69) is 21.9 Å². The van der Waals surface area contributed by atoms with Crippen LogP contribution < -0.4 is 15.8 Å². The Hall–Kier alpha value is -2.89. The first-order chi connectivity index (χ1) is 10.5. The molecule has 0 unspecified atom stereocenters. The second-order valence-corrected chi connectivity index (χ2v) is 4.85. The fourth-order valence-electron chi connectivity index (χ4n) is 1.81. The molecule has 0 aliphatic carbocycles. The molecule has 1 heterocycles. The van der Waals surface area contributed by atoms with Crippen LogP contribution in [-0.4, -0.2) is 29.5 Å². The van der Waals surface area contributed by atoms with Gasteiger partial charge in [0.2, 0.25) is 5.95 Å². The van der Waals surface area contributed by atoms with E-state index >= 15 is 0 Å². The standard InChI is InChI=1S/C16H18N4O2/c1-10(2)9-22-12-6-4-5-11(7-12)13-8-14(15(21)18-3)20-16(17)19-13/h4-8H,1,9H2,2-3H3,(H,18,21)(H2,17,19,20). The first-order valence-corrected chi connectivity index (χ1v) is 6.74. The van der Waals surface area contributed by atoms with Gasteiger partial charge in [0.1, 0.15) is 18.1 Å². The SMILES string of the molecule is C=C(C)COc1cccc(-c2cc(C(=O)NC)nc(N)n2)c1. The minimum absolute atomic E-state index is 0.0457. The Labute approximate surface area is 129 Å². The molecule has 0 radical (unpaired) electrons. The summed E-state index contributed by atoms with van der Waals surface area (Å²) in [7, 11) is 1.53. The highest BCUT2D eigenvalue weighted by atomic mass is 16.5. The monoisotopic (exact) mass is 298 g/mol. The number of hydrogen-bond donors (Lipinski definition) is 2. The fourth-order valence-corrected chi connectivity index (χ4v) is 1.81. The van der Waals surface area contributed by atoms with Crippen molar-refractivity contribution in [3.05, 3.63) is 48.2 Å². The zero-order valence-corrected chi connectivity index (χ0v) is 12.6. The molecule has 0 aliphatic rings. The van der Waals surface area contributed by atoms with E-state index in [4.69, 9.17) is 10.5 Å². The van der Waals surface area contributed by atoms with E-state index in [0.29, 0.717) is 18.1 Å². The summed E-state index contributed by atoms with van der Waals surface area (Å²) < 4.78 is 5.61. The van der Waals surface area contributed by atoms with Crippen LogP contribution in [0.5, 0.6) is 5.75 Å². The van der Waals surface area contributed by atoms with Crippen LogP contribution in [0.15, 0.2) is 42.5 Å². The summed E-state index contributed by atoms with van der Waals surface area (Å²) in [5, 5.41) is 2.51. The van der Waals surface area contributed by atoms with Crippen LogP contribution in [0.25, 0.3) is 11.3 Å². The van der Waals surface area contributed by atoms with E-state index < -0.39 is 0 Å². The smallest absolute Gasteiger partial charge is 0.269 e. The van der Waals surface area contributed by atoms with Crippen molar-refractivity contribution in [3.63, 3.8) is 0 Å². The van der Waals surface area contributed by atoms with Gasteiger partial charge in [-0.15, -0.1) is 0 Å². The lowest BCUT2D eigenvalue weighted by atomic mass is 10.1. The van der Waals surface area contributed by atoms with Gasteiger partial charge in [0.05, 0.1) is 5.69 Å². The topological polar surface area (TPSA) is 90.1 Å². The molecule has 0 spiro atoms. The Bertz CT molecular complexity index is 713. The van der Waals surface area contributed by atoms with Gasteiger partial charge in [-0.1, -0.05) is 18.7 Å². The van der Waals surface area contributed by atoms with Gasteiger partial charge in [-0.25, -0.2) is 9.97 Å². The molecule has 0 aliphatic heterocycles. The highest BCUT2D eigenvalue weighted by Gasteiger charge is 2.11. The zero-order valence-electron chi connectivity index (χ0n) is 12.6. The van der Waals surface area contributed by atoms with Crippen LogP contribution >= 0.6 is 0 Å². The molecule has 3 N–H and O–H groups in total. The first-order valence-electron chi connectivity index (χ1n) is 6.74. The predicted octanol–water partition coefficient (Wildman–Crippen LogP) is 2.04. The third kappa shape index (κ3) is 3.82. The van der Waals surface area contributed by atoms with Gasteiger partial charge in [-0.3, -0.25) is 4.79 Å². The van der Waals surface area contributed by atoms with Crippen LogP contribution in [0.3, 0.4) is 0 Å². The predicted molar refractivity (Wildman–Crippen MR) is 85.6 cm³/mol. The molecule has 0 fully saturated rings. The lowest BCUT2D eigenvalue weighted by Gasteiger charge is -2.09. The number of aromatic nitrogens is 2. The average molecular weight is 298 g/mol. The van der Waals surface area contributed by atoms with Crippen molar-refractivity contribution in [2.45, 2.75) is 6.92 Å². The lowest BCUT2D eigenvalue weighted by Crippen LogP contribution is -2.20. The van der Waals surface area contributed by atoms with Gasteiger partial charge in [0, 0.05) is 12.6 Å². The molecule has 1 amide bonds. The van der Waals surface area contributed by atoms with Crippen molar-refractivity contribution in [3.8, 4) is 17.0 Å². The highest BCUT2D eigenvalue weighted by molar-refractivity contribution is 5.93. The Kier molecular flexibility index (Phi) is 4.73. The van der Waals surface area contributed by atoms with Gasteiger partial charge in [0.25, 0.3) is 5.91 Å². The maximum Gasteiger partial charge on any atom is 0.269 e. The summed E-state index contributed by atoms with van der Waals surface area (Å²) in [5.74, 6) is 0.425. The van der Waals surface area contributed by atoms with Crippen molar-refractivity contribution in [2.75, 3.05) is 19.4 Å². The number of anilines is 1. The summed E-state index contributed by atoms with van der Waals surface area (Å²) in [6.45, 7) is 6.13. The van der Waals surface area contributed by atoms with Gasteiger partial charge in [-0.05, 0) is 30.7 Å². The zero-order chi connectivity index (χ0) is 16.1. The second kappa shape index (κ2) is 6.71. The third-order valence-corrected chi connectivity index (χ3v) is 2.82. The van der Waals surface area contributed by atoms with Gasteiger partial charge >= 0.3 is 0 Å². The number of nitrogen functional groups attached to an aromatic ring is 1. The first kappa shape index (κ1) is 15.5. The summed E-state index contributed by atoms with van der Waals surface area (Å²) in [6, 6.07) is 8.98. The molecule has 0 saturated heterocycles. The lowest BCUT2D eigenvalue weighted by molar-refractivity contribution is 0.0958. The Morgan fingerprint density at radius 3 is 2.82 bits per heavy atom. The maximum absolute atomic E-state index is 11.7. The number of ether oxygens (including phenoxy) is 1. The number of nitrogens with two attached hydrogens (primary N) is 1. The molecule has 0 bridgehead atoms. The van der Waals surface area contributed by atoms with E-state index in [1.807, 2.05) is 31.2 Å². The number of benzene rings is 1. The Balaban J connectivity index is 2.35. The number of carbonyl (C=O) groups excluding carboxylic acids is 1. The van der Waals surface area contributed by atoms with Crippen LogP contribution in [0.4, 0.5) is 5.95 Å². The molecule has 0 atom stereocenters. The normalized spacial score (nSPS) is 10.1. The highest BCUT2D eigenvalue weighted by Crippen LogP contribution is 2.23. The minimum atomic E-state index is -0.315. The van der Waals surface area contributed by atoms with E-state index in [0.717, 1.165) is 11.1 Å². The van der Waals surface area contributed by atoms with E-state index in [-0.39, 0.29) is 17.5 Å². The molecule has 1 aromatic heterocycles. The number of nitrogens with one attached hydrogen (secondary N) is 1. The molecular formula is C16H18N4O2. The van der Waals surface area contributed by atoms with Crippen molar-refractivity contribution in [1.29, 1.82) is 0 Å². The van der Waals surface area contributed by atoms with E-state index in [1.54, 1.807) is 6.07 Å². The molecule has 22 heavy (non-hydrogen) atoms. The van der Waals surface area contributed by atoms with Crippen LogP contribution in [-0.2, 0) is 0 Å². The number of hydrogen-bond acceptors (Lipinski definition) is 5. The Morgan fingerprint density at radius 2 is 2.14 bits per heavy atom. The average Bonchev–Trinajstić information content (AvgIpc) is 2.51. The van der Waals surface area contributed by atoms with E-state index in [1.165, 1.54) is 7.05 Å². The minimum Gasteiger partial charge on any atom is -0.489 e. The summed E-state index contributed by atoms with van der Waals surface area (Å²) in [6.07, 6.45) is 0. The van der Waals surface area contributed by atoms with Crippen LogP contribution in [0.1, 0.15) is 17.4 Å². The van der Waals surface area contributed by atoms with Crippen LogP contribution in [0, 0.1) is 0 Å². The fraction of sp³-hybridized carbons (Fsp3) is 0.188. The van der Waals surface area contributed by atoms with Crippen molar-refractivity contribution in [1.82, 2.24) is 15.3 Å².